The van der Waals surface area contributed by atoms with Crippen molar-refractivity contribution >= 4 is 17.2 Å². The van der Waals surface area contributed by atoms with E-state index in [4.69, 9.17) is 0 Å². The van der Waals surface area contributed by atoms with Gasteiger partial charge in [-0.2, -0.15) is 5.26 Å². The number of hydrogen-bond acceptors (Lipinski definition) is 4. The van der Waals surface area contributed by atoms with Crippen LogP contribution in [0.5, 0.6) is 0 Å². The molecule has 0 saturated heterocycles. The van der Waals surface area contributed by atoms with Gasteiger partial charge in [-0.1, -0.05) is 42.5 Å². The van der Waals surface area contributed by atoms with Crippen LogP contribution in [0, 0.1) is 18.3 Å². The molecule has 1 aromatic heterocycles. The van der Waals surface area contributed by atoms with E-state index < -0.39 is 0 Å². The molecule has 0 saturated carbocycles. The molecule has 0 aliphatic rings. The van der Waals surface area contributed by atoms with E-state index in [1.165, 1.54) is 5.56 Å². The number of nitrogens with one attached hydrogen (secondary N) is 2. The van der Waals surface area contributed by atoms with Crippen LogP contribution in [-0.2, 0) is 6.54 Å². The van der Waals surface area contributed by atoms with Gasteiger partial charge in [0.25, 0.3) is 0 Å². The van der Waals surface area contributed by atoms with Crippen molar-refractivity contribution in [3.63, 3.8) is 0 Å². The van der Waals surface area contributed by atoms with Gasteiger partial charge in [0.05, 0.1) is 11.3 Å². The third-order valence-electron chi connectivity index (χ3n) is 3.64. The Kier molecular flexibility index (Phi) is 4.73. The Morgan fingerprint density at radius 1 is 1.04 bits per heavy atom. The molecule has 0 amide bonds. The number of nitriles is 1. The smallest absolute Gasteiger partial charge is 0.132 e. The molecule has 0 aliphatic heterocycles. The lowest BCUT2D eigenvalue weighted by molar-refractivity contribution is 1.14. The SMILES string of the molecule is Cc1cccc(Nc2cc(NCc3ccccc3)c(C#N)cn2)c1. The molecule has 2 N–H and O–H groups in total. The molecule has 0 fully saturated rings. The molecule has 3 aromatic rings. The zero-order valence-corrected chi connectivity index (χ0v) is 13.5. The number of pyridine rings is 1. The van der Waals surface area contributed by atoms with Crippen molar-refractivity contribution in [2.75, 3.05) is 10.6 Å². The van der Waals surface area contributed by atoms with Crippen molar-refractivity contribution in [2.24, 2.45) is 0 Å². The first-order chi connectivity index (χ1) is 11.7. The van der Waals surface area contributed by atoms with Crippen molar-refractivity contribution in [3.05, 3.63) is 83.6 Å². The van der Waals surface area contributed by atoms with E-state index >= 15 is 0 Å². The molecule has 3 rings (SSSR count). The minimum atomic E-state index is 0.528. The first-order valence-electron chi connectivity index (χ1n) is 7.76. The lowest BCUT2D eigenvalue weighted by atomic mass is 10.2. The summed E-state index contributed by atoms with van der Waals surface area (Å²) in [5.41, 5.74) is 4.61. The third-order valence-corrected chi connectivity index (χ3v) is 3.64. The van der Waals surface area contributed by atoms with Crippen LogP contribution in [0.4, 0.5) is 17.2 Å². The number of nitrogens with zero attached hydrogens (tertiary/aromatic N) is 2. The Morgan fingerprint density at radius 2 is 1.88 bits per heavy atom. The first-order valence-corrected chi connectivity index (χ1v) is 7.76. The predicted octanol–water partition coefficient (Wildman–Crippen LogP) is 4.62. The molecule has 0 bridgehead atoms. The van der Waals surface area contributed by atoms with Crippen molar-refractivity contribution < 1.29 is 0 Å². The van der Waals surface area contributed by atoms with Crippen molar-refractivity contribution in [1.29, 1.82) is 5.26 Å². The fourth-order valence-corrected chi connectivity index (χ4v) is 2.42. The zero-order valence-electron chi connectivity index (χ0n) is 13.5. The maximum atomic E-state index is 9.28. The van der Waals surface area contributed by atoms with E-state index in [9.17, 15) is 5.26 Å². The lowest BCUT2D eigenvalue weighted by Gasteiger charge is -2.11. The normalized spacial score (nSPS) is 10.0. The van der Waals surface area contributed by atoms with E-state index in [0.29, 0.717) is 17.9 Å². The van der Waals surface area contributed by atoms with Gasteiger partial charge in [-0.05, 0) is 30.2 Å². The summed E-state index contributed by atoms with van der Waals surface area (Å²) in [6.07, 6.45) is 1.59. The van der Waals surface area contributed by atoms with E-state index in [2.05, 4.69) is 27.8 Å². The third kappa shape index (κ3) is 3.90. The van der Waals surface area contributed by atoms with Crippen LogP contribution >= 0.6 is 0 Å². The highest BCUT2D eigenvalue weighted by atomic mass is 15.0. The Balaban J connectivity index is 1.79. The maximum absolute atomic E-state index is 9.28. The molecule has 24 heavy (non-hydrogen) atoms. The summed E-state index contributed by atoms with van der Waals surface area (Å²) in [6, 6.07) is 22.2. The molecule has 0 aliphatic carbocycles. The minimum Gasteiger partial charge on any atom is -0.380 e. The van der Waals surface area contributed by atoms with Crippen LogP contribution in [0.15, 0.2) is 66.9 Å². The van der Waals surface area contributed by atoms with E-state index in [-0.39, 0.29) is 0 Å². The van der Waals surface area contributed by atoms with Gasteiger partial charge in [0.1, 0.15) is 11.9 Å². The van der Waals surface area contributed by atoms with Crippen molar-refractivity contribution in [3.8, 4) is 6.07 Å². The van der Waals surface area contributed by atoms with Gasteiger partial charge in [-0.3, -0.25) is 0 Å². The molecule has 0 unspecified atom stereocenters. The molecule has 4 heteroatoms. The lowest BCUT2D eigenvalue weighted by Crippen LogP contribution is -2.03. The second kappa shape index (κ2) is 7.30. The summed E-state index contributed by atoms with van der Waals surface area (Å²) in [5, 5.41) is 15.9. The molecule has 0 atom stereocenters. The number of aromatic nitrogens is 1. The van der Waals surface area contributed by atoms with Crippen LogP contribution in [-0.4, -0.2) is 4.98 Å². The Hall–Kier alpha value is -3.32. The summed E-state index contributed by atoms with van der Waals surface area (Å²) in [4.78, 5) is 4.32. The Labute approximate surface area is 141 Å². The van der Waals surface area contributed by atoms with Gasteiger partial charge in [0, 0.05) is 24.5 Å². The highest BCUT2D eigenvalue weighted by Crippen LogP contribution is 2.22. The fourth-order valence-electron chi connectivity index (χ4n) is 2.42. The van der Waals surface area contributed by atoms with Gasteiger partial charge in [-0.15, -0.1) is 0 Å². The predicted molar refractivity (Wildman–Crippen MR) is 97.2 cm³/mol. The second-order valence-corrected chi connectivity index (χ2v) is 5.56. The molecule has 118 valence electrons. The number of hydrogen-bond donors (Lipinski definition) is 2. The van der Waals surface area contributed by atoms with Crippen LogP contribution < -0.4 is 10.6 Å². The summed E-state index contributed by atoms with van der Waals surface area (Å²) < 4.78 is 0. The monoisotopic (exact) mass is 314 g/mol. The Morgan fingerprint density at radius 3 is 2.62 bits per heavy atom. The molecular formula is C20H18N4. The standard InChI is InChI=1S/C20H18N4/c1-15-6-5-9-18(10-15)24-20-11-19(17(12-21)14-23-20)22-13-16-7-3-2-4-8-16/h2-11,14H,13H2,1H3,(H2,22,23,24). The van der Waals surface area contributed by atoms with Crippen LogP contribution in [0.2, 0.25) is 0 Å². The molecule has 4 nitrogen and oxygen atoms in total. The van der Waals surface area contributed by atoms with Gasteiger partial charge >= 0.3 is 0 Å². The van der Waals surface area contributed by atoms with Gasteiger partial charge < -0.3 is 10.6 Å². The van der Waals surface area contributed by atoms with Gasteiger partial charge in [0.2, 0.25) is 0 Å². The van der Waals surface area contributed by atoms with Crippen molar-refractivity contribution in [2.45, 2.75) is 13.5 Å². The number of benzene rings is 2. The van der Waals surface area contributed by atoms with Crippen molar-refractivity contribution in [1.82, 2.24) is 4.98 Å². The minimum absolute atomic E-state index is 0.528. The topological polar surface area (TPSA) is 60.7 Å². The largest absolute Gasteiger partial charge is 0.380 e. The maximum Gasteiger partial charge on any atom is 0.132 e. The van der Waals surface area contributed by atoms with Crippen LogP contribution in [0.3, 0.4) is 0 Å². The first kappa shape index (κ1) is 15.6. The average molecular weight is 314 g/mol. The number of rotatable bonds is 5. The Bertz CT molecular complexity index is 866. The molecule has 2 aromatic carbocycles. The zero-order chi connectivity index (χ0) is 16.8. The molecular weight excluding hydrogens is 296 g/mol. The number of aryl methyl sites for hydroxylation is 1. The average Bonchev–Trinajstić information content (AvgIpc) is 2.61. The highest BCUT2D eigenvalue weighted by Gasteiger charge is 2.05. The van der Waals surface area contributed by atoms with Gasteiger partial charge in [0.15, 0.2) is 0 Å². The second-order valence-electron chi connectivity index (χ2n) is 5.56. The summed E-state index contributed by atoms with van der Waals surface area (Å²) in [6.45, 7) is 2.70. The van der Waals surface area contributed by atoms with E-state index in [0.717, 1.165) is 16.9 Å². The molecule has 0 radical (unpaired) electrons. The summed E-state index contributed by atoms with van der Waals surface area (Å²) >= 11 is 0. The molecule has 1 heterocycles. The van der Waals surface area contributed by atoms with E-state index in [1.807, 2.05) is 61.5 Å². The quantitative estimate of drug-likeness (QED) is 0.721. The summed E-state index contributed by atoms with van der Waals surface area (Å²) in [5.74, 6) is 0.704. The van der Waals surface area contributed by atoms with Gasteiger partial charge in [-0.25, -0.2) is 4.98 Å². The van der Waals surface area contributed by atoms with E-state index in [1.54, 1.807) is 6.20 Å². The number of anilines is 3. The highest BCUT2D eigenvalue weighted by molar-refractivity contribution is 5.66. The van der Waals surface area contributed by atoms with Crippen LogP contribution in [0.25, 0.3) is 0 Å². The fraction of sp³-hybridized carbons (Fsp3) is 0.100. The summed E-state index contributed by atoms with van der Waals surface area (Å²) in [7, 11) is 0. The van der Waals surface area contributed by atoms with Crippen LogP contribution in [0.1, 0.15) is 16.7 Å². The molecule has 0 spiro atoms.